The van der Waals surface area contributed by atoms with Crippen molar-refractivity contribution in [2.45, 2.75) is 13.0 Å². The molecule has 0 bridgehead atoms. The second kappa shape index (κ2) is 5.69. The highest BCUT2D eigenvalue weighted by atomic mass is 32.2. The summed E-state index contributed by atoms with van der Waals surface area (Å²) in [6.07, 6.45) is 1.18. The Labute approximate surface area is 122 Å². The van der Waals surface area contributed by atoms with Crippen molar-refractivity contribution >= 4 is 32.5 Å². The maximum atomic E-state index is 11.2. The number of aromatic nitrogens is 1. The number of fused-ring (bicyclic) bond motifs is 1. The van der Waals surface area contributed by atoms with Gasteiger partial charge in [0.25, 0.3) is 0 Å². The van der Waals surface area contributed by atoms with Gasteiger partial charge in [-0.2, -0.15) is 0 Å². The van der Waals surface area contributed by atoms with E-state index in [1.54, 1.807) is 31.2 Å². The fourth-order valence-corrected chi connectivity index (χ4v) is 3.16. The number of sulfone groups is 1. The van der Waals surface area contributed by atoms with Crippen molar-refractivity contribution in [3.05, 3.63) is 35.9 Å². The summed E-state index contributed by atoms with van der Waals surface area (Å²) in [4.78, 5) is 15.4. The van der Waals surface area contributed by atoms with E-state index in [0.717, 1.165) is 0 Å². The lowest BCUT2D eigenvalue weighted by molar-refractivity contribution is 0.0699. The van der Waals surface area contributed by atoms with Gasteiger partial charge in [0, 0.05) is 17.7 Å². The average Bonchev–Trinajstić information content (AvgIpc) is 2.35. The first-order valence-corrected chi connectivity index (χ1v) is 8.39. The van der Waals surface area contributed by atoms with E-state index in [4.69, 9.17) is 5.11 Å². The molecule has 0 aliphatic rings. The van der Waals surface area contributed by atoms with Crippen LogP contribution in [0.5, 0.6) is 0 Å². The van der Waals surface area contributed by atoms with Gasteiger partial charge in [0.15, 0.2) is 0 Å². The van der Waals surface area contributed by atoms with Gasteiger partial charge in [-0.1, -0.05) is 6.07 Å². The SMILES string of the molecule is CC(CS(C)(=O)=O)Nc1ccc2c(C(=O)O)cccc2n1. The molecule has 1 unspecified atom stereocenters. The molecule has 2 N–H and O–H groups in total. The third kappa shape index (κ3) is 3.91. The number of nitrogens with zero attached hydrogens (tertiary/aromatic N) is 1. The molecule has 6 nitrogen and oxygen atoms in total. The summed E-state index contributed by atoms with van der Waals surface area (Å²) in [7, 11) is -3.07. The third-order valence-electron chi connectivity index (χ3n) is 2.91. The minimum atomic E-state index is -3.07. The Bertz CT molecular complexity index is 787. The molecule has 0 fully saturated rings. The molecule has 112 valence electrons. The van der Waals surface area contributed by atoms with Gasteiger partial charge in [0.1, 0.15) is 15.7 Å². The Hall–Kier alpha value is -2.15. The molecule has 0 radical (unpaired) electrons. The predicted octanol–water partition coefficient (Wildman–Crippen LogP) is 1.78. The van der Waals surface area contributed by atoms with Crippen LogP contribution < -0.4 is 5.32 Å². The van der Waals surface area contributed by atoms with Crippen molar-refractivity contribution in [1.82, 2.24) is 4.98 Å². The zero-order chi connectivity index (χ0) is 15.6. The van der Waals surface area contributed by atoms with Crippen molar-refractivity contribution in [3.63, 3.8) is 0 Å². The molecule has 0 aliphatic carbocycles. The highest BCUT2D eigenvalue weighted by molar-refractivity contribution is 7.90. The summed E-state index contributed by atoms with van der Waals surface area (Å²) < 4.78 is 22.5. The first kappa shape index (κ1) is 15.2. The maximum absolute atomic E-state index is 11.2. The van der Waals surface area contributed by atoms with Crippen LogP contribution in [0.4, 0.5) is 5.82 Å². The number of carbonyl (C=O) groups is 1. The van der Waals surface area contributed by atoms with E-state index >= 15 is 0 Å². The minimum absolute atomic E-state index is 0.00187. The van der Waals surface area contributed by atoms with Crippen LogP contribution in [0.1, 0.15) is 17.3 Å². The highest BCUT2D eigenvalue weighted by Gasteiger charge is 2.12. The number of rotatable bonds is 5. The van der Waals surface area contributed by atoms with Crippen molar-refractivity contribution in [2.75, 3.05) is 17.3 Å². The van der Waals surface area contributed by atoms with E-state index < -0.39 is 15.8 Å². The molecule has 21 heavy (non-hydrogen) atoms. The van der Waals surface area contributed by atoms with Crippen LogP contribution in [0.25, 0.3) is 10.9 Å². The number of carboxylic acid groups (broad SMARTS) is 1. The number of pyridine rings is 1. The molecule has 0 spiro atoms. The number of hydrogen-bond donors (Lipinski definition) is 2. The lowest BCUT2D eigenvalue weighted by Crippen LogP contribution is -2.25. The molecule has 2 rings (SSSR count). The lowest BCUT2D eigenvalue weighted by Gasteiger charge is -2.14. The fourth-order valence-electron chi connectivity index (χ4n) is 2.17. The number of nitrogens with one attached hydrogen (secondary N) is 1. The number of anilines is 1. The van der Waals surface area contributed by atoms with Crippen molar-refractivity contribution < 1.29 is 18.3 Å². The fraction of sp³-hybridized carbons (Fsp3) is 0.286. The summed E-state index contributed by atoms with van der Waals surface area (Å²) in [6.45, 7) is 1.75. The van der Waals surface area contributed by atoms with Gasteiger partial charge in [-0.25, -0.2) is 18.2 Å². The Morgan fingerprint density at radius 2 is 2.05 bits per heavy atom. The molecule has 0 amide bonds. The Balaban J connectivity index is 2.30. The number of hydrogen-bond acceptors (Lipinski definition) is 5. The second-order valence-corrected chi connectivity index (χ2v) is 7.20. The van der Waals surface area contributed by atoms with E-state index in [-0.39, 0.29) is 17.4 Å². The van der Waals surface area contributed by atoms with E-state index in [2.05, 4.69) is 10.3 Å². The molecular weight excluding hydrogens is 292 g/mol. The number of benzene rings is 1. The van der Waals surface area contributed by atoms with Crippen LogP contribution in [-0.2, 0) is 9.84 Å². The molecular formula is C14H16N2O4S. The molecule has 1 heterocycles. The topological polar surface area (TPSA) is 96.4 Å². The van der Waals surface area contributed by atoms with Crippen LogP contribution in [-0.4, -0.2) is 42.5 Å². The molecule has 0 saturated carbocycles. The number of aromatic carboxylic acids is 1. The second-order valence-electron chi connectivity index (χ2n) is 5.01. The van der Waals surface area contributed by atoms with E-state index in [9.17, 15) is 13.2 Å². The van der Waals surface area contributed by atoms with E-state index in [0.29, 0.717) is 16.7 Å². The standard InChI is InChI=1S/C14H16N2O4S/c1-9(8-21(2,19)20)15-13-7-6-10-11(14(17)18)4-3-5-12(10)16-13/h3-7,9H,8H2,1-2H3,(H,15,16)(H,17,18). The van der Waals surface area contributed by atoms with Gasteiger partial charge in [0.05, 0.1) is 16.8 Å². The molecule has 1 aromatic heterocycles. The molecule has 0 aliphatic heterocycles. The Kier molecular flexibility index (Phi) is 4.13. The summed E-state index contributed by atoms with van der Waals surface area (Å²) in [5, 5.41) is 12.7. The monoisotopic (exact) mass is 308 g/mol. The average molecular weight is 308 g/mol. The van der Waals surface area contributed by atoms with E-state index in [1.807, 2.05) is 0 Å². The van der Waals surface area contributed by atoms with Gasteiger partial charge >= 0.3 is 5.97 Å². The lowest BCUT2D eigenvalue weighted by atomic mass is 10.1. The first-order valence-electron chi connectivity index (χ1n) is 6.33. The first-order chi connectivity index (χ1) is 9.76. The molecule has 2 aromatic rings. The maximum Gasteiger partial charge on any atom is 0.336 e. The molecule has 7 heteroatoms. The van der Waals surface area contributed by atoms with Gasteiger partial charge in [-0.15, -0.1) is 0 Å². The largest absolute Gasteiger partial charge is 0.478 e. The normalized spacial score (nSPS) is 13.0. The van der Waals surface area contributed by atoms with Crippen LogP contribution in [0.3, 0.4) is 0 Å². The van der Waals surface area contributed by atoms with Gasteiger partial charge in [-0.05, 0) is 31.2 Å². The summed E-state index contributed by atoms with van der Waals surface area (Å²) in [5.41, 5.74) is 0.738. The van der Waals surface area contributed by atoms with Gasteiger partial charge < -0.3 is 10.4 Å². The zero-order valence-corrected chi connectivity index (χ0v) is 12.5. The Morgan fingerprint density at radius 1 is 1.33 bits per heavy atom. The smallest absolute Gasteiger partial charge is 0.336 e. The van der Waals surface area contributed by atoms with E-state index in [1.165, 1.54) is 12.3 Å². The van der Waals surface area contributed by atoms with Gasteiger partial charge in [-0.3, -0.25) is 0 Å². The minimum Gasteiger partial charge on any atom is -0.478 e. The van der Waals surface area contributed by atoms with Crippen LogP contribution in [0.15, 0.2) is 30.3 Å². The van der Waals surface area contributed by atoms with Crippen LogP contribution in [0, 0.1) is 0 Å². The van der Waals surface area contributed by atoms with Gasteiger partial charge in [0.2, 0.25) is 0 Å². The summed E-state index contributed by atoms with van der Waals surface area (Å²) >= 11 is 0. The Morgan fingerprint density at radius 3 is 2.67 bits per heavy atom. The highest BCUT2D eigenvalue weighted by Crippen LogP contribution is 2.20. The van der Waals surface area contributed by atoms with Crippen molar-refractivity contribution in [1.29, 1.82) is 0 Å². The van der Waals surface area contributed by atoms with Crippen molar-refractivity contribution in [3.8, 4) is 0 Å². The summed E-state index contributed by atoms with van der Waals surface area (Å²) in [5.74, 6) is -0.489. The van der Waals surface area contributed by atoms with Crippen LogP contribution >= 0.6 is 0 Å². The zero-order valence-electron chi connectivity index (χ0n) is 11.7. The summed E-state index contributed by atoms with van der Waals surface area (Å²) in [6, 6.07) is 7.89. The molecule has 1 aromatic carbocycles. The quantitative estimate of drug-likeness (QED) is 0.874. The number of carboxylic acids is 1. The van der Waals surface area contributed by atoms with Crippen LogP contribution in [0.2, 0.25) is 0 Å². The molecule has 0 saturated heterocycles. The van der Waals surface area contributed by atoms with Crippen molar-refractivity contribution in [2.24, 2.45) is 0 Å². The molecule has 1 atom stereocenters. The third-order valence-corrected chi connectivity index (χ3v) is 4.01. The predicted molar refractivity (Wildman–Crippen MR) is 81.5 cm³/mol.